The lowest BCUT2D eigenvalue weighted by Gasteiger charge is -2.27. The minimum absolute atomic E-state index is 0.0240. The lowest BCUT2D eigenvalue weighted by molar-refractivity contribution is -0.135. The van der Waals surface area contributed by atoms with Crippen LogP contribution in [0, 0.1) is 5.92 Å². The third-order valence-electron chi connectivity index (χ3n) is 9.04. The average Bonchev–Trinajstić information content (AvgIpc) is 3.56. The van der Waals surface area contributed by atoms with Gasteiger partial charge in [0.2, 0.25) is 29.5 Å². The third kappa shape index (κ3) is 14.4. The van der Waals surface area contributed by atoms with Gasteiger partial charge in [0.05, 0.1) is 0 Å². The highest BCUT2D eigenvalue weighted by molar-refractivity contribution is 7.98. The molecule has 54 heavy (non-hydrogen) atoms. The van der Waals surface area contributed by atoms with Gasteiger partial charge >= 0.3 is 0 Å². The van der Waals surface area contributed by atoms with Gasteiger partial charge in [-0.3, -0.25) is 29.0 Å². The Labute approximate surface area is 321 Å². The molecule has 0 aliphatic rings. The number of aromatic amines is 1. The molecule has 0 spiro atoms. The van der Waals surface area contributed by atoms with E-state index in [0.717, 1.165) is 22.0 Å². The van der Waals surface area contributed by atoms with Gasteiger partial charge < -0.3 is 49.2 Å². The molecule has 1 aromatic heterocycles. The minimum atomic E-state index is -1.14. The number of nitrogens with zero attached hydrogens (tertiary/aromatic N) is 1. The summed E-state index contributed by atoms with van der Waals surface area (Å²) in [5.41, 5.74) is 24.6. The van der Waals surface area contributed by atoms with E-state index in [0.29, 0.717) is 50.9 Å². The number of hydrogen-bond acceptors (Lipinski definition) is 8. The molecule has 5 amide bonds. The molecule has 0 saturated heterocycles. The number of H-pyrrole nitrogens is 1. The molecule has 0 radical (unpaired) electrons. The first-order valence-electron chi connectivity index (χ1n) is 18.3. The van der Waals surface area contributed by atoms with Gasteiger partial charge in [0.15, 0.2) is 5.96 Å². The van der Waals surface area contributed by atoms with E-state index in [4.69, 9.17) is 22.9 Å². The Kier molecular flexibility index (Phi) is 18.3. The second-order valence-corrected chi connectivity index (χ2v) is 14.3. The van der Waals surface area contributed by atoms with E-state index in [2.05, 4.69) is 31.2 Å². The molecule has 2 aromatic carbocycles. The number of aliphatic imine (C=N–C) groups is 1. The van der Waals surface area contributed by atoms with Crippen molar-refractivity contribution in [3.05, 3.63) is 71.9 Å². The number of carbonyl (C=O) groups excluding carboxylic acids is 5. The van der Waals surface area contributed by atoms with Crippen LogP contribution in [0.5, 0.6) is 0 Å². The quantitative estimate of drug-likeness (QED) is 0.0357. The summed E-state index contributed by atoms with van der Waals surface area (Å²) in [6.07, 6.45) is 6.73. The number of fused-ring (bicyclic) bond motifs is 1. The van der Waals surface area contributed by atoms with Crippen LogP contribution in [0.25, 0.3) is 10.9 Å². The number of unbranched alkanes of at least 4 members (excludes halogenated alkanes) is 1. The topological polar surface area (TPSA) is 266 Å². The highest BCUT2D eigenvalue weighted by Gasteiger charge is 2.32. The lowest BCUT2D eigenvalue weighted by Crippen LogP contribution is -2.59. The molecule has 1 heterocycles. The zero-order valence-electron chi connectivity index (χ0n) is 31.1. The predicted molar refractivity (Wildman–Crippen MR) is 214 cm³/mol. The van der Waals surface area contributed by atoms with Crippen LogP contribution in [0.2, 0.25) is 0 Å². The van der Waals surface area contributed by atoms with Crippen molar-refractivity contribution < 1.29 is 24.0 Å². The zero-order chi connectivity index (χ0) is 39.5. The Morgan fingerprint density at radius 2 is 1.33 bits per heavy atom. The van der Waals surface area contributed by atoms with Crippen LogP contribution in [-0.4, -0.2) is 89.7 Å². The molecule has 15 nitrogen and oxygen atoms in total. The summed E-state index contributed by atoms with van der Waals surface area (Å²) in [5.74, 6) is -2.69. The second kappa shape index (κ2) is 22.9. The molecule has 16 heteroatoms. The van der Waals surface area contributed by atoms with Crippen LogP contribution in [0.4, 0.5) is 0 Å². The van der Waals surface area contributed by atoms with Gasteiger partial charge in [0.25, 0.3) is 0 Å². The minimum Gasteiger partial charge on any atom is -0.370 e. The molecule has 0 fully saturated rings. The van der Waals surface area contributed by atoms with Crippen LogP contribution in [0.3, 0.4) is 0 Å². The maximum atomic E-state index is 14.2. The summed E-state index contributed by atoms with van der Waals surface area (Å²) in [5, 5.41) is 12.2. The molecular formula is C38H56N10O5S. The molecule has 0 unspecified atom stereocenters. The largest absolute Gasteiger partial charge is 0.370 e. The van der Waals surface area contributed by atoms with Crippen LogP contribution in [-0.2, 0) is 36.8 Å². The van der Waals surface area contributed by atoms with Crippen LogP contribution >= 0.6 is 11.8 Å². The number of aromatic nitrogens is 1. The monoisotopic (exact) mass is 764 g/mol. The number of benzene rings is 2. The number of rotatable bonds is 24. The molecule has 5 atom stereocenters. The molecule has 0 aliphatic carbocycles. The number of primary amides is 1. The number of thioether (sulfide) groups is 1. The van der Waals surface area contributed by atoms with E-state index in [9.17, 15) is 24.0 Å². The fourth-order valence-corrected chi connectivity index (χ4v) is 6.41. The summed E-state index contributed by atoms with van der Waals surface area (Å²) in [4.78, 5) is 74.7. The van der Waals surface area contributed by atoms with Gasteiger partial charge in [0.1, 0.15) is 24.2 Å². The van der Waals surface area contributed by atoms with Gasteiger partial charge in [-0.05, 0) is 74.3 Å². The van der Waals surface area contributed by atoms with E-state index in [1.165, 1.54) is 11.8 Å². The first-order valence-corrected chi connectivity index (χ1v) is 19.7. The number of nitrogens with two attached hydrogens (primary N) is 4. The predicted octanol–water partition coefficient (Wildman–Crippen LogP) is 0.949. The average molecular weight is 765 g/mol. The van der Waals surface area contributed by atoms with Crippen molar-refractivity contribution in [2.24, 2.45) is 33.8 Å². The second-order valence-electron chi connectivity index (χ2n) is 13.3. The van der Waals surface area contributed by atoms with E-state index >= 15 is 0 Å². The molecule has 13 N–H and O–H groups in total. The number of carbonyl (C=O) groups is 5. The van der Waals surface area contributed by atoms with Gasteiger partial charge in [-0.2, -0.15) is 11.8 Å². The van der Waals surface area contributed by atoms with Crippen LogP contribution in [0.1, 0.15) is 56.6 Å². The van der Waals surface area contributed by atoms with Crippen molar-refractivity contribution in [2.45, 2.75) is 82.5 Å². The maximum Gasteiger partial charge on any atom is 0.243 e. The van der Waals surface area contributed by atoms with Crippen molar-refractivity contribution >= 4 is 58.2 Å². The summed E-state index contributed by atoms with van der Waals surface area (Å²) in [6.45, 7) is 2.54. The first kappa shape index (κ1) is 43.3. The molecule has 3 rings (SSSR count). The third-order valence-corrected chi connectivity index (χ3v) is 9.68. The Hall–Kier alpha value is -5.09. The van der Waals surface area contributed by atoms with Crippen LogP contribution in [0.15, 0.2) is 65.8 Å². The Morgan fingerprint density at radius 3 is 2.00 bits per heavy atom. The normalized spacial score (nSPS) is 13.8. The van der Waals surface area contributed by atoms with Crippen molar-refractivity contribution in [2.75, 3.05) is 25.1 Å². The SMILES string of the molecule is CSCC[C@H](NC(=O)[C@H](Cc1c[nH]c2ccccc12)NC(=O)[C@H](CCCCN)NC(=O)[C@@H](C)CCCN=C(N)N)C(=O)N[C@@H](Cc1ccccc1)C(N)=O. The first-order chi connectivity index (χ1) is 25.9. The smallest absolute Gasteiger partial charge is 0.243 e. The number of guanidine groups is 1. The number of para-hydroxylation sites is 1. The molecule has 0 bridgehead atoms. The van der Waals surface area contributed by atoms with E-state index in [1.54, 1.807) is 13.1 Å². The molecule has 3 aromatic rings. The van der Waals surface area contributed by atoms with Gasteiger partial charge in [0, 0.05) is 42.4 Å². The summed E-state index contributed by atoms with van der Waals surface area (Å²) >= 11 is 1.49. The summed E-state index contributed by atoms with van der Waals surface area (Å²) in [7, 11) is 0. The number of nitrogens with one attached hydrogen (secondary N) is 5. The summed E-state index contributed by atoms with van der Waals surface area (Å²) in [6, 6.07) is 12.6. The van der Waals surface area contributed by atoms with E-state index < -0.39 is 53.7 Å². The van der Waals surface area contributed by atoms with E-state index in [1.807, 2.05) is 60.9 Å². The molecular weight excluding hydrogens is 709 g/mol. The maximum absolute atomic E-state index is 14.2. The number of hydrogen-bond donors (Lipinski definition) is 9. The highest BCUT2D eigenvalue weighted by Crippen LogP contribution is 2.20. The van der Waals surface area contributed by atoms with Crippen molar-refractivity contribution in [1.82, 2.24) is 26.3 Å². The van der Waals surface area contributed by atoms with Gasteiger partial charge in [-0.15, -0.1) is 0 Å². The molecule has 0 saturated carbocycles. The Balaban J connectivity index is 1.85. The lowest BCUT2D eigenvalue weighted by atomic mass is 10.0. The Morgan fingerprint density at radius 1 is 0.722 bits per heavy atom. The fraction of sp³-hybridized carbons (Fsp3) is 0.474. The van der Waals surface area contributed by atoms with Crippen molar-refractivity contribution in [1.29, 1.82) is 0 Å². The standard InChI is InChI=1S/C38H56N10O5S/c1-24(11-10-19-43-38(41)42)34(50)45-29(16-8-9-18-39)35(51)48-32(22-26-23-44-28-15-7-6-14-27(26)28)37(53)46-30(17-20-54-2)36(52)47-31(33(40)49)21-25-12-4-3-5-13-25/h3-7,12-15,23-24,29-32,44H,8-11,16-22,39H2,1-2H3,(H2,40,49)(H,45,50)(H,46,53)(H,47,52)(H,48,51)(H4,41,42,43)/t24-,29-,30-,31-,32-/m0/s1. The molecule has 294 valence electrons. The zero-order valence-corrected chi connectivity index (χ0v) is 32.0. The Bertz CT molecular complexity index is 1700. The van der Waals surface area contributed by atoms with Gasteiger partial charge in [-0.1, -0.05) is 55.5 Å². The van der Waals surface area contributed by atoms with E-state index in [-0.39, 0.29) is 31.1 Å². The van der Waals surface area contributed by atoms with Crippen molar-refractivity contribution in [3.63, 3.8) is 0 Å². The summed E-state index contributed by atoms with van der Waals surface area (Å²) < 4.78 is 0. The van der Waals surface area contributed by atoms with Crippen molar-refractivity contribution in [3.8, 4) is 0 Å². The molecule has 0 aliphatic heterocycles. The number of amides is 5. The highest BCUT2D eigenvalue weighted by atomic mass is 32.2. The van der Waals surface area contributed by atoms with Gasteiger partial charge in [-0.25, -0.2) is 0 Å². The fourth-order valence-electron chi connectivity index (χ4n) is 5.94. The van der Waals surface area contributed by atoms with Crippen LogP contribution < -0.4 is 44.2 Å².